The first-order valence-electron chi connectivity index (χ1n) is 6.35. The van der Waals surface area contributed by atoms with Crippen LogP contribution in [0.4, 0.5) is 0 Å². The lowest BCUT2D eigenvalue weighted by Gasteiger charge is -2.12. The Hall–Kier alpha value is -1.67. The fraction of sp³-hybridized carbons (Fsp3) is 0.400. The summed E-state index contributed by atoms with van der Waals surface area (Å²) >= 11 is 0. The van der Waals surface area contributed by atoms with Gasteiger partial charge in [-0.25, -0.2) is 0 Å². The molecular formula is C15H20N2O2. The van der Waals surface area contributed by atoms with Crippen molar-refractivity contribution >= 4 is 0 Å². The van der Waals surface area contributed by atoms with Crippen LogP contribution >= 0.6 is 0 Å². The Morgan fingerprint density at radius 1 is 1.37 bits per heavy atom. The van der Waals surface area contributed by atoms with Crippen molar-refractivity contribution in [2.45, 2.75) is 12.5 Å². The highest BCUT2D eigenvalue weighted by Crippen LogP contribution is 2.12. The van der Waals surface area contributed by atoms with Crippen molar-refractivity contribution in [3.05, 3.63) is 48.0 Å². The number of nitriles is 1. The molecule has 0 aromatic heterocycles. The smallest absolute Gasteiger partial charge is 0.0991 e. The third-order valence-electron chi connectivity index (χ3n) is 2.65. The quantitative estimate of drug-likeness (QED) is 0.524. The van der Waals surface area contributed by atoms with E-state index in [4.69, 9.17) is 10.00 Å². The van der Waals surface area contributed by atoms with Crippen molar-refractivity contribution in [3.8, 4) is 6.07 Å². The summed E-state index contributed by atoms with van der Waals surface area (Å²) in [6.45, 7) is 6.09. The van der Waals surface area contributed by atoms with Crippen LogP contribution in [0.2, 0.25) is 0 Å². The predicted octanol–water partition coefficient (Wildman–Crippen LogP) is 1.77. The van der Waals surface area contributed by atoms with Crippen molar-refractivity contribution < 1.29 is 9.84 Å². The molecule has 0 radical (unpaired) electrons. The Bertz CT molecular complexity index is 409. The summed E-state index contributed by atoms with van der Waals surface area (Å²) < 4.78 is 5.34. The van der Waals surface area contributed by atoms with Crippen molar-refractivity contribution in [2.75, 3.05) is 26.3 Å². The summed E-state index contributed by atoms with van der Waals surface area (Å²) in [5.74, 6) is 0. The number of nitrogens with zero attached hydrogens (tertiary/aromatic N) is 1. The van der Waals surface area contributed by atoms with Crippen LogP contribution in [0.5, 0.6) is 0 Å². The number of aliphatic hydroxyl groups is 1. The zero-order valence-electron chi connectivity index (χ0n) is 11.0. The van der Waals surface area contributed by atoms with Crippen LogP contribution in [-0.2, 0) is 4.74 Å². The van der Waals surface area contributed by atoms with Gasteiger partial charge in [0.15, 0.2) is 0 Å². The van der Waals surface area contributed by atoms with E-state index in [-0.39, 0.29) is 0 Å². The first-order valence-corrected chi connectivity index (χ1v) is 6.35. The topological polar surface area (TPSA) is 65.3 Å². The molecule has 0 aliphatic rings. The Morgan fingerprint density at radius 3 is 2.74 bits per heavy atom. The molecule has 0 spiro atoms. The van der Waals surface area contributed by atoms with Crippen molar-refractivity contribution in [3.63, 3.8) is 0 Å². The maximum atomic E-state index is 9.93. The standard InChI is InChI=1S/C15H20N2O2/c1-2-3-9-19-10-8-17-12-15(18)14-6-4-13(11-16)5-7-14/h2,4-7,15,17-18H,1,3,8-10,12H2. The molecular weight excluding hydrogens is 240 g/mol. The van der Waals surface area contributed by atoms with Gasteiger partial charge in [0.1, 0.15) is 0 Å². The van der Waals surface area contributed by atoms with Gasteiger partial charge < -0.3 is 15.2 Å². The molecule has 19 heavy (non-hydrogen) atoms. The van der Waals surface area contributed by atoms with Gasteiger partial charge in [-0.3, -0.25) is 0 Å². The molecule has 0 heterocycles. The van der Waals surface area contributed by atoms with Crippen LogP contribution in [-0.4, -0.2) is 31.4 Å². The number of aliphatic hydroxyl groups excluding tert-OH is 1. The molecule has 4 nitrogen and oxygen atoms in total. The van der Waals surface area contributed by atoms with Crippen LogP contribution in [0.3, 0.4) is 0 Å². The van der Waals surface area contributed by atoms with E-state index in [2.05, 4.69) is 11.9 Å². The molecule has 0 aliphatic heterocycles. The molecule has 1 aromatic rings. The Kier molecular flexibility index (Phi) is 7.52. The molecule has 102 valence electrons. The minimum Gasteiger partial charge on any atom is -0.387 e. The van der Waals surface area contributed by atoms with E-state index in [1.807, 2.05) is 12.1 Å². The summed E-state index contributed by atoms with van der Waals surface area (Å²) in [7, 11) is 0. The molecule has 2 N–H and O–H groups in total. The van der Waals surface area contributed by atoms with Gasteiger partial charge in [0.05, 0.1) is 31.0 Å². The monoisotopic (exact) mass is 260 g/mol. The average Bonchev–Trinajstić information content (AvgIpc) is 2.46. The van der Waals surface area contributed by atoms with Crippen LogP contribution in [0.15, 0.2) is 36.9 Å². The second-order valence-corrected chi connectivity index (χ2v) is 4.14. The van der Waals surface area contributed by atoms with Gasteiger partial charge in [-0.1, -0.05) is 18.2 Å². The van der Waals surface area contributed by atoms with E-state index in [1.165, 1.54) is 0 Å². The van der Waals surface area contributed by atoms with Crippen LogP contribution < -0.4 is 5.32 Å². The summed E-state index contributed by atoms with van der Waals surface area (Å²) in [6, 6.07) is 9.00. The lowest BCUT2D eigenvalue weighted by Crippen LogP contribution is -2.25. The Labute approximate surface area is 114 Å². The van der Waals surface area contributed by atoms with E-state index < -0.39 is 6.10 Å². The zero-order chi connectivity index (χ0) is 13.9. The fourth-order valence-electron chi connectivity index (χ4n) is 1.55. The SMILES string of the molecule is C=CCCOCCNCC(O)c1ccc(C#N)cc1. The molecule has 0 fully saturated rings. The highest BCUT2D eigenvalue weighted by molar-refractivity contribution is 5.32. The van der Waals surface area contributed by atoms with Gasteiger partial charge in [0.25, 0.3) is 0 Å². The maximum Gasteiger partial charge on any atom is 0.0991 e. The van der Waals surface area contributed by atoms with Gasteiger partial charge >= 0.3 is 0 Å². The molecule has 0 saturated heterocycles. The average molecular weight is 260 g/mol. The van der Waals surface area contributed by atoms with Gasteiger partial charge in [0, 0.05) is 13.1 Å². The van der Waals surface area contributed by atoms with Crippen LogP contribution in [0.25, 0.3) is 0 Å². The van der Waals surface area contributed by atoms with Crippen LogP contribution in [0, 0.1) is 11.3 Å². The van der Waals surface area contributed by atoms with Gasteiger partial charge in [-0.15, -0.1) is 6.58 Å². The minimum atomic E-state index is -0.569. The lowest BCUT2D eigenvalue weighted by molar-refractivity contribution is 0.131. The predicted molar refractivity (Wildman–Crippen MR) is 74.6 cm³/mol. The number of nitrogens with one attached hydrogen (secondary N) is 1. The second kappa shape index (κ2) is 9.29. The largest absolute Gasteiger partial charge is 0.387 e. The second-order valence-electron chi connectivity index (χ2n) is 4.14. The van der Waals surface area contributed by atoms with E-state index in [0.717, 1.165) is 12.0 Å². The number of hydrogen-bond donors (Lipinski definition) is 2. The number of benzene rings is 1. The Morgan fingerprint density at radius 2 is 2.11 bits per heavy atom. The molecule has 0 bridgehead atoms. The van der Waals surface area contributed by atoms with Gasteiger partial charge in [-0.05, 0) is 24.1 Å². The zero-order valence-corrected chi connectivity index (χ0v) is 11.0. The lowest BCUT2D eigenvalue weighted by atomic mass is 10.1. The number of hydrogen-bond acceptors (Lipinski definition) is 4. The summed E-state index contributed by atoms with van der Waals surface area (Å²) in [5, 5.41) is 21.7. The van der Waals surface area contributed by atoms with Crippen molar-refractivity contribution in [1.82, 2.24) is 5.32 Å². The van der Waals surface area contributed by atoms with E-state index in [0.29, 0.717) is 31.9 Å². The van der Waals surface area contributed by atoms with Crippen molar-refractivity contribution in [2.24, 2.45) is 0 Å². The first kappa shape index (κ1) is 15.4. The molecule has 1 unspecified atom stereocenters. The number of rotatable bonds is 9. The molecule has 1 aromatic carbocycles. The van der Waals surface area contributed by atoms with Crippen molar-refractivity contribution in [1.29, 1.82) is 5.26 Å². The van der Waals surface area contributed by atoms with E-state index in [9.17, 15) is 5.11 Å². The normalized spacial score (nSPS) is 11.8. The van der Waals surface area contributed by atoms with E-state index in [1.54, 1.807) is 24.3 Å². The maximum absolute atomic E-state index is 9.93. The summed E-state index contributed by atoms with van der Waals surface area (Å²) in [5.41, 5.74) is 1.40. The summed E-state index contributed by atoms with van der Waals surface area (Å²) in [6.07, 6.45) is 2.11. The number of ether oxygens (including phenoxy) is 1. The van der Waals surface area contributed by atoms with Crippen LogP contribution in [0.1, 0.15) is 23.7 Å². The summed E-state index contributed by atoms with van der Waals surface area (Å²) in [4.78, 5) is 0. The Balaban J connectivity index is 2.18. The highest BCUT2D eigenvalue weighted by atomic mass is 16.5. The fourth-order valence-corrected chi connectivity index (χ4v) is 1.55. The van der Waals surface area contributed by atoms with E-state index >= 15 is 0 Å². The molecule has 1 rings (SSSR count). The van der Waals surface area contributed by atoms with Gasteiger partial charge in [0.2, 0.25) is 0 Å². The molecule has 1 atom stereocenters. The first-order chi connectivity index (χ1) is 9.27. The highest BCUT2D eigenvalue weighted by Gasteiger charge is 2.06. The van der Waals surface area contributed by atoms with Gasteiger partial charge in [-0.2, -0.15) is 5.26 Å². The molecule has 0 saturated carbocycles. The third kappa shape index (κ3) is 6.16. The third-order valence-corrected chi connectivity index (χ3v) is 2.65. The molecule has 4 heteroatoms. The minimum absolute atomic E-state index is 0.469. The molecule has 0 amide bonds. The molecule has 0 aliphatic carbocycles.